The van der Waals surface area contributed by atoms with E-state index in [-0.39, 0.29) is 0 Å². The average molecular weight is 195 g/mol. The highest BCUT2D eigenvalue weighted by molar-refractivity contribution is 7.96. The molecule has 5 nitrogen and oxygen atoms in total. The lowest BCUT2D eigenvalue weighted by molar-refractivity contribution is 0.146. The summed E-state index contributed by atoms with van der Waals surface area (Å²) in [5, 5.41) is 6.66. The van der Waals surface area contributed by atoms with E-state index in [9.17, 15) is 4.79 Å². The number of thiol groups is 1. The minimum Gasteiger partial charge on any atom is -0.306 e. The fraction of sp³-hybridized carbons (Fsp3) is 0. The zero-order chi connectivity index (χ0) is 9.26. The van der Waals surface area contributed by atoms with Gasteiger partial charge in [-0.15, -0.1) is 5.10 Å². The molecule has 0 radical (unpaired) electrons. The molecule has 0 spiro atoms. The Labute approximate surface area is 78.7 Å². The summed E-state index contributed by atoms with van der Waals surface area (Å²) in [5.41, 5.74) is 1.29. The number of rotatable bonds is 1. The molecule has 6 heteroatoms. The van der Waals surface area contributed by atoms with Crippen molar-refractivity contribution in [3.05, 3.63) is 24.3 Å². The van der Waals surface area contributed by atoms with Gasteiger partial charge in [-0.3, -0.25) is 0 Å². The number of carbonyl (C=O) groups is 1. The van der Waals surface area contributed by atoms with Crippen molar-refractivity contribution in [1.82, 2.24) is 15.2 Å². The van der Waals surface area contributed by atoms with Crippen molar-refractivity contribution in [1.29, 1.82) is 0 Å². The van der Waals surface area contributed by atoms with Crippen LogP contribution in [-0.2, 0) is 0 Å². The summed E-state index contributed by atoms with van der Waals surface area (Å²) >= 11 is 3.46. The normalized spacial score (nSPS) is 10.2. The molecule has 0 N–H and O–H groups in total. The van der Waals surface area contributed by atoms with Crippen LogP contribution in [0.5, 0.6) is 0 Å². The monoisotopic (exact) mass is 195 g/mol. The van der Waals surface area contributed by atoms with Crippen LogP contribution in [0.15, 0.2) is 24.3 Å². The number of para-hydroxylation sites is 1. The second-order valence-corrected chi connectivity index (χ2v) is 2.67. The smallest absolute Gasteiger partial charge is 0.306 e. The van der Waals surface area contributed by atoms with E-state index in [0.717, 1.165) is 4.85 Å². The van der Waals surface area contributed by atoms with Gasteiger partial charge in [0.2, 0.25) is 0 Å². The number of carbonyl (C=O) groups excluding carboxylic acids is 1. The molecule has 66 valence electrons. The van der Waals surface area contributed by atoms with Gasteiger partial charge in [0.25, 0.3) is 0 Å². The first-order valence-electron chi connectivity index (χ1n) is 3.49. The van der Waals surface area contributed by atoms with Crippen LogP contribution in [0, 0.1) is 0 Å². The molecule has 0 aliphatic carbocycles. The van der Waals surface area contributed by atoms with Crippen molar-refractivity contribution in [3.63, 3.8) is 0 Å². The lowest BCUT2D eigenvalue weighted by Gasteiger charge is -1.96. The molecule has 2 rings (SSSR count). The summed E-state index contributed by atoms with van der Waals surface area (Å²) in [5.74, 6) is 0. The van der Waals surface area contributed by atoms with Crippen LogP contribution in [0.1, 0.15) is 0 Å². The predicted octanol–water partition coefficient (Wildman–Crippen LogP) is 0.910. The third-order valence-corrected chi connectivity index (χ3v) is 1.57. The molecular formula is C7H5N3O2S. The van der Waals surface area contributed by atoms with E-state index in [1.165, 1.54) is 0 Å². The molecular weight excluding hydrogens is 190 g/mol. The Kier molecular flexibility index (Phi) is 1.90. The van der Waals surface area contributed by atoms with Crippen LogP contribution in [0.3, 0.4) is 0 Å². The number of fused-ring (bicyclic) bond motifs is 1. The van der Waals surface area contributed by atoms with Gasteiger partial charge in [-0.2, -0.15) is 0 Å². The maximum absolute atomic E-state index is 10.5. The van der Waals surface area contributed by atoms with Crippen molar-refractivity contribution in [2.75, 3.05) is 0 Å². The minimum absolute atomic E-state index is 0.630. The molecule has 0 aliphatic heterocycles. The quantitative estimate of drug-likeness (QED) is 0.542. The van der Waals surface area contributed by atoms with Crippen molar-refractivity contribution < 1.29 is 9.63 Å². The Hall–Kier alpha value is -1.56. The fourth-order valence-electron chi connectivity index (χ4n) is 0.989. The van der Waals surface area contributed by atoms with Crippen LogP contribution in [0.2, 0.25) is 0 Å². The second kappa shape index (κ2) is 3.06. The average Bonchev–Trinajstić information content (AvgIpc) is 2.48. The largest absolute Gasteiger partial charge is 0.390 e. The number of hydrogen-bond donors (Lipinski definition) is 1. The zero-order valence-corrected chi connectivity index (χ0v) is 7.31. The maximum Gasteiger partial charge on any atom is 0.390 e. The van der Waals surface area contributed by atoms with Crippen LogP contribution < -0.4 is 4.84 Å². The third kappa shape index (κ3) is 1.48. The second-order valence-electron chi connectivity index (χ2n) is 2.31. The molecule has 1 aromatic heterocycles. The molecule has 0 atom stereocenters. The summed E-state index contributed by atoms with van der Waals surface area (Å²) in [6, 6.07) is 7.13. The number of benzene rings is 1. The molecule has 0 amide bonds. The van der Waals surface area contributed by atoms with Crippen molar-refractivity contribution in [2.45, 2.75) is 0 Å². The number of aromatic nitrogens is 3. The first-order chi connectivity index (χ1) is 6.27. The SMILES string of the molecule is O=C(S)On1nnc2ccccc21. The lowest BCUT2D eigenvalue weighted by Crippen LogP contribution is -2.14. The summed E-state index contributed by atoms with van der Waals surface area (Å²) < 4.78 is 0. The molecule has 2 aromatic rings. The van der Waals surface area contributed by atoms with Gasteiger partial charge in [0.1, 0.15) is 11.0 Å². The van der Waals surface area contributed by atoms with Crippen molar-refractivity contribution >= 4 is 29.0 Å². The van der Waals surface area contributed by atoms with E-state index in [2.05, 4.69) is 27.8 Å². The summed E-state index contributed by atoms with van der Waals surface area (Å²) in [6.45, 7) is 0. The van der Waals surface area contributed by atoms with Crippen molar-refractivity contribution in [3.8, 4) is 0 Å². The Morgan fingerprint density at radius 2 is 2.23 bits per heavy atom. The zero-order valence-electron chi connectivity index (χ0n) is 6.41. The molecule has 0 fully saturated rings. The molecule has 0 saturated carbocycles. The summed E-state index contributed by atoms with van der Waals surface area (Å²) in [6.07, 6.45) is 0. The lowest BCUT2D eigenvalue weighted by atomic mass is 10.3. The van der Waals surface area contributed by atoms with Gasteiger partial charge in [0, 0.05) is 0 Å². The highest BCUT2D eigenvalue weighted by Gasteiger charge is 2.05. The van der Waals surface area contributed by atoms with E-state index in [0.29, 0.717) is 11.0 Å². The van der Waals surface area contributed by atoms with Crippen LogP contribution in [0.4, 0.5) is 4.79 Å². The Morgan fingerprint density at radius 1 is 1.46 bits per heavy atom. The maximum atomic E-state index is 10.5. The molecule has 0 aliphatic rings. The summed E-state index contributed by atoms with van der Waals surface area (Å²) in [4.78, 5) is 16.2. The Balaban J connectivity index is 2.51. The fourth-order valence-corrected chi connectivity index (χ4v) is 1.07. The highest BCUT2D eigenvalue weighted by Crippen LogP contribution is 2.08. The van der Waals surface area contributed by atoms with Gasteiger partial charge >= 0.3 is 5.30 Å². The van der Waals surface area contributed by atoms with Crippen LogP contribution in [-0.4, -0.2) is 20.5 Å². The van der Waals surface area contributed by atoms with Crippen LogP contribution in [0.25, 0.3) is 11.0 Å². The van der Waals surface area contributed by atoms with E-state index in [1.54, 1.807) is 18.2 Å². The first kappa shape index (κ1) is 8.06. The summed E-state index contributed by atoms with van der Waals surface area (Å²) in [7, 11) is 0. The van der Waals surface area contributed by atoms with Crippen LogP contribution >= 0.6 is 12.6 Å². The Morgan fingerprint density at radius 3 is 3.00 bits per heavy atom. The molecule has 0 bridgehead atoms. The van der Waals surface area contributed by atoms with Crippen molar-refractivity contribution in [2.24, 2.45) is 0 Å². The number of nitrogens with zero attached hydrogens (tertiary/aromatic N) is 3. The topological polar surface area (TPSA) is 57.0 Å². The van der Waals surface area contributed by atoms with Gasteiger partial charge < -0.3 is 4.84 Å². The van der Waals surface area contributed by atoms with E-state index >= 15 is 0 Å². The first-order valence-corrected chi connectivity index (χ1v) is 3.94. The molecule has 0 unspecified atom stereocenters. The van der Waals surface area contributed by atoms with Gasteiger partial charge in [-0.1, -0.05) is 29.6 Å². The van der Waals surface area contributed by atoms with Gasteiger partial charge in [-0.25, -0.2) is 4.79 Å². The van der Waals surface area contributed by atoms with Gasteiger partial charge in [-0.05, 0) is 17.3 Å². The van der Waals surface area contributed by atoms with E-state index in [1.807, 2.05) is 6.07 Å². The third-order valence-electron chi connectivity index (χ3n) is 1.49. The molecule has 1 aromatic carbocycles. The Bertz CT molecular complexity index is 454. The predicted molar refractivity (Wildman–Crippen MR) is 48.5 cm³/mol. The molecule has 13 heavy (non-hydrogen) atoms. The van der Waals surface area contributed by atoms with E-state index < -0.39 is 5.30 Å². The highest BCUT2D eigenvalue weighted by atomic mass is 32.1. The van der Waals surface area contributed by atoms with Gasteiger partial charge in [0.05, 0.1) is 0 Å². The van der Waals surface area contributed by atoms with Gasteiger partial charge in [0.15, 0.2) is 0 Å². The minimum atomic E-state index is -0.726. The molecule has 1 heterocycles. The molecule has 0 saturated heterocycles. The van der Waals surface area contributed by atoms with E-state index in [4.69, 9.17) is 0 Å². The standard InChI is InChI=1S/C7H5N3O2S/c11-7(13)12-10-6-4-2-1-3-5(6)8-9-10/h1-4H,(H,11,13). The number of hydrogen-bond acceptors (Lipinski definition) is 4.